The van der Waals surface area contributed by atoms with E-state index in [0.717, 1.165) is 29.9 Å². The zero-order chi connectivity index (χ0) is 15.4. The van der Waals surface area contributed by atoms with Gasteiger partial charge >= 0.3 is 0 Å². The van der Waals surface area contributed by atoms with E-state index in [4.69, 9.17) is 4.99 Å². The topological polar surface area (TPSA) is 51.4 Å². The van der Waals surface area contributed by atoms with Gasteiger partial charge in [0, 0.05) is 23.7 Å². The molecule has 0 amide bonds. The Morgan fingerprint density at radius 1 is 1.23 bits per heavy atom. The van der Waals surface area contributed by atoms with Crippen LogP contribution in [0.15, 0.2) is 65.8 Å². The lowest BCUT2D eigenvalue weighted by molar-refractivity contribution is -0.377. The van der Waals surface area contributed by atoms with Crippen LogP contribution < -0.4 is 10.3 Å². The van der Waals surface area contributed by atoms with Crippen LogP contribution in [0, 0.1) is 5.41 Å². The number of aliphatic imine (C=N–C) groups is 1. The number of H-pyrrole nitrogens is 1. The molecule has 0 aromatic carbocycles. The normalized spacial score (nSPS) is 18.8. The van der Waals surface area contributed by atoms with Gasteiger partial charge < -0.3 is 5.32 Å². The molecule has 0 unspecified atom stereocenters. The second-order valence-corrected chi connectivity index (χ2v) is 6.42. The largest absolute Gasteiger partial charge is 0.354 e. The summed E-state index contributed by atoms with van der Waals surface area (Å²) in [5.74, 6) is 0. The molecular weight excluding hydrogens is 272 g/mol. The fraction of sp³-hybridized carbons (Fsp3) is 0.278. The maximum Gasteiger partial charge on any atom is 0.190 e. The molecular formula is C18H21N4+. The number of aromatic amines is 1. The zero-order valence-electron chi connectivity index (χ0n) is 13.0. The number of nitrogens with zero attached hydrogens (tertiary/aromatic N) is 2. The van der Waals surface area contributed by atoms with Crippen molar-refractivity contribution >= 4 is 17.1 Å². The smallest absolute Gasteiger partial charge is 0.190 e. The maximum atomic E-state index is 4.74. The Hall–Kier alpha value is -2.49. The summed E-state index contributed by atoms with van der Waals surface area (Å²) < 4.78 is 0. The van der Waals surface area contributed by atoms with Crippen molar-refractivity contribution in [2.24, 2.45) is 10.4 Å². The molecule has 2 aromatic rings. The number of rotatable bonds is 3. The number of anilines is 1. The van der Waals surface area contributed by atoms with Crippen molar-refractivity contribution < 1.29 is 4.98 Å². The van der Waals surface area contributed by atoms with Gasteiger partial charge in [-0.3, -0.25) is 9.98 Å². The first-order valence-corrected chi connectivity index (χ1v) is 7.52. The summed E-state index contributed by atoms with van der Waals surface area (Å²) in [6.07, 6.45) is 11.6. The summed E-state index contributed by atoms with van der Waals surface area (Å²) in [6.45, 7) is 4.55. The van der Waals surface area contributed by atoms with E-state index in [1.165, 1.54) is 5.70 Å². The van der Waals surface area contributed by atoms with Crippen molar-refractivity contribution in [1.82, 2.24) is 4.98 Å². The lowest BCUT2D eigenvalue weighted by Crippen LogP contribution is -2.24. The van der Waals surface area contributed by atoms with E-state index in [1.807, 2.05) is 30.6 Å². The second-order valence-electron chi connectivity index (χ2n) is 6.42. The van der Waals surface area contributed by atoms with Crippen molar-refractivity contribution in [1.29, 1.82) is 0 Å². The molecule has 0 saturated carbocycles. The van der Waals surface area contributed by atoms with Gasteiger partial charge in [0.05, 0.1) is 11.9 Å². The van der Waals surface area contributed by atoms with Crippen LogP contribution in [-0.4, -0.2) is 10.7 Å². The van der Waals surface area contributed by atoms with Crippen LogP contribution in [0.2, 0.25) is 0 Å². The Kier molecular flexibility index (Phi) is 4.00. The summed E-state index contributed by atoms with van der Waals surface area (Å²) in [4.78, 5) is 12.0. The van der Waals surface area contributed by atoms with Gasteiger partial charge in [0.1, 0.15) is 5.69 Å². The molecule has 112 valence electrons. The first kappa shape index (κ1) is 14.4. The third-order valence-electron chi connectivity index (χ3n) is 3.60. The quantitative estimate of drug-likeness (QED) is 0.936. The average molecular weight is 293 g/mol. The highest BCUT2D eigenvalue weighted by Gasteiger charge is 2.26. The highest BCUT2D eigenvalue weighted by molar-refractivity contribution is 5.98. The highest BCUT2D eigenvalue weighted by Crippen LogP contribution is 2.35. The fourth-order valence-electron chi connectivity index (χ4n) is 2.77. The first-order chi connectivity index (χ1) is 10.6. The van der Waals surface area contributed by atoms with Gasteiger partial charge in [-0.05, 0) is 42.5 Å². The predicted molar refractivity (Wildman–Crippen MR) is 89.1 cm³/mol. The van der Waals surface area contributed by atoms with Crippen LogP contribution >= 0.6 is 0 Å². The van der Waals surface area contributed by atoms with E-state index in [0.29, 0.717) is 0 Å². The van der Waals surface area contributed by atoms with Crippen molar-refractivity contribution in [3.8, 4) is 0 Å². The third-order valence-corrected chi connectivity index (χ3v) is 3.60. The number of aromatic nitrogens is 2. The van der Waals surface area contributed by atoms with Crippen LogP contribution in [0.5, 0.6) is 0 Å². The standard InChI is InChI=1S/C18H20N4/c1-18(2)10-16(21-14-5-3-7-19-12-14)9-17(11-18)22-15-6-4-8-20-13-15/h3-9,12-13,21H,10-11H2,1-2H3/p+1. The van der Waals surface area contributed by atoms with Gasteiger partial charge in [-0.1, -0.05) is 13.8 Å². The molecule has 0 aliphatic heterocycles. The average Bonchev–Trinajstić information content (AvgIpc) is 2.47. The molecule has 2 aromatic heterocycles. The molecule has 0 fully saturated rings. The van der Waals surface area contributed by atoms with Crippen molar-refractivity contribution in [2.45, 2.75) is 26.7 Å². The van der Waals surface area contributed by atoms with E-state index in [1.54, 1.807) is 12.4 Å². The molecule has 0 spiro atoms. The first-order valence-electron chi connectivity index (χ1n) is 7.52. The Bertz CT molecular complexity index is 688. The minimum atomic E-state index is 0.191. The molecule has 1 aliphatic carbocycles. The minimum absolute atomic E-state index is 0.191. The van der Waals surface area contributed by atoms with Gasteiger partial charge in [-0.15, -0.1) is 0 Å². The van der Waals surface area contributed by atoms with E-state index < -0.39 is 0 Å². The highest BCUT2D eigenvalue weighted by atomic mass is 14.9. The van der Waals surface area contributed by atoms with Crippen LogP contribution in [-0.2, 0) is 0 Å². The fourth-order valence-corrected chi connectivity index (χ4v) is 2.77. The van der Waals surface area contributed by atoms with E-state index in [9.17, 15) is 0 Å². The predicted octanol–water partition coefficient (Wildman–Crippen LogP) is 3.78. The molecule has 0 atom stereocenters. The zero-order valence-corrected chi connectivity index (χ0v) is 13.0. The molecule has 4 nitrogen and oxygen atoms in total. The Labute approximate surface area is 131 Å². The summed E-state index contributed by atoms with van der Waals surface area (Å²) in [5.41, 5.74) is 4.44. The Balaban J connectivity index is 1.87. The van der Waals surface area contributed by atoms with Crippen LogP contribution in [0.4, 0.5) is 11.4 Å². The van der Waals surface area contributed by atoms with E-state index in [-0.39, 0.29) is 5.41 Å². The second kappa shape index (κ2) is 6.10. The minimum Gasteiger partial charge on any atom is -0.354 e. The summed E-state index contributed by atoms with van der Waals surface area (Å²) in [6, 6.07) is 7.93. The summed E-state index contributed by atoms with van der Waals surface area (Å²) >= 11 is 0. The molecule has 2 heterocycles. The molecule has 0 saturated heterocycles. The monoisotopic (exact) mass is 293 g/mol. The summed E-state index contributed by atoms with van der Waals surface area (Å²) in [5, 5.41) is 3.49. The summed E-state index contributed by atoms with van der Waals surface area (Å²) in [7, 11) is 0. The molecule has 22 heavy (non-hydrogen) atoms. The van der Waals surface area contributed by atoms with E-state index >= 15 is 0 Å². The Morgan fingerprint density at radius 2 is 2.14 bits per heavy atom. The number of pyridine rings is 2. The lowest BCUT2D eigenvalue weighted by Gasteiger charge is -2.30. The lowest BCUT2D eigenvalue weighted by atomic mass is 9.78. The molecule has 4 heteroatoms. The van der Waals surface area contributed by atoms with Crippen molar-refractivity contribution in [2.75, 3.05) is 5.32 Å². The van der Waals surface area contributed by atoms with Crippen LogP contribution in [0.25, 0.3) is 0 Å². The number of hydrogen-bond acceptors (Lipinski definition) is 3. The number of hydrogen-bond donors (Lipinski definition) is 1. The molecule has 0 bridgehead atoms. The van der Waals surface area contributed by atoms with Gasteiger partial charge in [-0.2, -0.15) is 0 Å². The van der Waals surface area contributed by atoms with Gasteiger partial charge in [0.25, 0.3) is 0 Å². The number of nitrogens with one attached hydrogen (secondary N) is 2. The molecule has 2 N–H and O–H groups in total. The van der Waals surface area contributed by atoms with Crippen molar-refractivity contribution in [3.05, 3.63) is 60.8 Å². The van der Waals surface area contributed by atoms with Crippen molar-refractivity contribution in [3.63, 3.8) is 0 Å². The number of allylic oxidation sites excluding steroid dienone is 2. The molecule has 1 aliphatic rings. The molecule has 3 rings (SSSR count). The maximum absolute atomic E-state index is 4.74. The third kappa shape index (κ3) is 3.79. The van der Waals surface area contributed by atoms with E-state index in [2.05, 4.69) is 41.3 Å². The Morgan fingerprint density at radius 3 is 2.86 bits per heavy atom. The van der Waals surface area contributed by atoms with Gasteiger partial charge in [0.2, 0.25) is 0 Å². The van der Waals surface area contributed by atoms with Gasteiger partial charge in [0.15, 0.2) is 12.4 Å². The SMILES string of the molecule is CC1(C)CC(Nc2ccc[nH+]c2)=CC(=Nc2cccnc2)C1. The van der Waals surface area contributed by atoms with Crippen LogP contribution in [0.1, 0.15) is 26.7 Å². The molecule has 0 radical (unpaired) electrons. The van der Waals surface area contributed by atoms with Gasteiger partial charge in [-0.25, -0.2) is 4.98 Å². The van der Waals surface area contributed by atoms with Crippen LogP contribution in [0.3, 0.4) is 0 Å².